The quantitative estimate of drug-likeness (QED) is 0.870. The molecule has 0 spiro atoms. The zero-order valence-electron chi connectivity index (χ0n) is 13.1. The topological polar surface area (TPSA) is 44.3 Å². The minimum Gasteiger partial charge on any atom is -0.370 e. The van der Waals surface area contributed by atoms with Crippen LogP contribution < -0.4 is 10.2 Å². The average molecular weight is 289 g/mol. The van der Waals surface area contributed by atoms with Crippen molar-refractivity contribution in [1.82, 2.24) is 14.9 Å². The highest BCUT2D eigenvalue weighted by Gasteiger charge is 2.16. The third-order valence-electron chi connectivity index (χ3n) is 4.48. The third-order valence-corrected chi connectivity index (χ3v) is 4.48. The number of aromatic nitrogens is 2. The number of hydrogen-bond donors (Lipinski definition) is 1. The molecular formula is C16H27N5. The molecule has 2 saturated heterocycles. The second kappa shape index (κ2) is 7.07. The standard InChI is InChI=1S/C16H27N5/c1-14(12-20-6-2-3-7-20)11-17-15-10-16(19-13-18-15)21-8-4-5-9-21/h10,13-14H,2-9,11-12H2,1H3,(H,17,18,19). The molecule has 21 heavy (non-hydrogen) atoms. The molecule has 0 aromatic carbocycles. The van der Waals surface area contributed by atoms with Gasteiger partial charge >= 0.3 is 0 Å². The molecule has 2 fully saturated rings. The van der Waals surface area contributed by atoms with Crippen LogP contribution in [-0.4, -0.2) is 54.1 Å². The Morgan fingerprint density at radius 2 is 1.81 bits per heavy atom. The molecule has 116 valence electrons. The molecular weight excluding hydrogens is 262 g/mol. The number of nitrogens with zero attached hydrogens (tertiary/aromatic N) is 4. The van der Waals surface area contributed by atoms with E-state index in [1.165, 1.54) is 45.3 Å². The lowest BCUT2D eigenvalue weighted by Gasteiger charge is -2.21. The van der Waals surface area contributed by atoms with Gasteiger partial charge in [-0.15, -0.1) is 0 Å². The van der Waals surface area contributed by atoms with Crippen LogP contribution in [0.2, 0.25) is 0 Å². The molecule has 1 unspecified atom stereocenters. The van der Waals surface area contributed by atoms with E-state index in [4.69, 9.17) is 0 Å². The summed E-state index contributed by atoms with van der Waals surface area (Å²) in [4.78, 5) is 13.7. The van der Waals surface area contributed by atoms with Crippen molar-refractivity contribution in [3.05, 3.63) is 12.4 Å². The Bertz CT molecular complexity index is 438. The summed E-state index contributed by atoms with van der Waals surface area (Å²) in [5, 5.41) is 3.48. The highest BCUT2D eigenvalue weighted by molar-refractivity contribution is 5.48. The van der Waals surface area contributed by atoms with E-state index in [0.717, 1.165) is 31.3 Å². The highest BCUT2D eigenvalue weighted by atomic mass is 15.2. The molecule has 0 bridgehead atoms. The zero-order chi connectivity index (χ0) is 14.5. The molecule has 2 aliphatic heterocycles. The van der Waals surface area contributed by atoms with Crippen LogP contribution in [0.4, 0.5) is 11.6 Å². The second-order valence-electron chi connectivity index (χ2n) is 6.45. The van der Waals surface area contributed by atoms with Crippen molar-refractivity contribution in [2.45, 2.75) is 32.6 Å². The Hall–Kier alpha value is -1.36. The summed E-state index contributed by atoms with van der Waals surface area (Å²) >= 11 is 0. The molecule has 3 heterocycles. The Labute approximate surface area is 127 Å². The van der Waals surface area contributed by atoms with Gasteiger partial charge in [-0.05, 0) is 44.7 Å². The first-order chi connectivity index (χ1) is 10.3. The molecule has 5 nitrogen and oxygen atoms in total. The highest BCUT2D eigenvalue weighted by Crippen LogP contribution is 2.19. The minimum atomic E-state index is 0.647. The fraction of sp³-hybridized carbons (Fsp3) is 0.750. The van der Waals surface area contributed by atoms with Crippen molar-refractivity contribution in [3.63, 3.8) is 0 Å². The summed E-state index contributed by atoms with van der Waals surface area (Å²) in [6.07, 6.45) is 6.97. The van der Waals surface area contributed by atoms with Gasteiger partial charge in [-0.1, -0.05) is 6.92 Å². The van der Waals surface area contributed by atoms with Crippen molar-refractivity contribution in [3.8, 4) is 0 Å². The van der Waals surface area contributed by atoms with Crippen LogP contribution in [0.15, 0.2) is 12.4 Å². The summed E-state index contributed by atoms with van der Waals surface area (Å²) in [7, 11) is 0. The maximum absolute atomic E-state index is 4.40. The van der Waals surface area contributed by atoms with Crippen molar-refractivity contribution < 1.29 is 0 Å². The fourth-order valence-corrected chi connectivity index (χ4v) is 3.31. The predicted octanol–water partition coefficient (Wildman–Crippen LogP) is 2.22. The normalized spacial score (nSPS) is 20.9. The Morgan fingerprint density at radius 1 is 1.10 bits per heavy atom. The third kappa shape index (κ3) is 4.06. The molecule has 5 heteroatoms. The monoisotopic (exact) mass is 289 g/mol. The van der Waals surface area contributed by atoms with Gasteiger partial charge in [0.1, 0.15) is 18.0 Å². The number of rotatable bonds is 6. The first-order valence-electron chi connectivity index (χ1n) is 8.34. The van der Waals surface area contributed by atoms with Crippen molar-refractivity contribution in [2.24, 2.45) is 5.92 Å². The average Bonchev–Trinajstić information content (AvgIpc) is 3.19. The first-order valence-corrected chi connectivity index (χ1v) is 8.34. The van der Waals surface area contributed by atoms with Crippen LogP contribution in [0.3, 0.4) is 0 Å². The summed E-state index contributed by atoms with van der Waals surface area (Å²) in [5.74, 6) is 2.67. The number of likely N-dealkylation sites (tertiary alicyclic amines) is 1. The van der Waals surface area contributed by atoms with Gasteiger partial charge in [0.15, 0.2) is 0 Å². The largest absolute Gasteiger partial charge is 0.370 e. The van der Waals surface area contributed by atoms with Gasteiger partial charge in [0.05, 0.1) is 0 Å². The lowest BCUT2D eigenvalue weighted by molar-refractivity contribution is 0.294. The molecule has 0 radical (unpaired) electrons. The van der Waals surface area contributed by atoms with E-state index in [2.05, 4.69) is 38.1 Å². The lowest BCUT2D eigenvalue weighted by Crippen LogP contribution is -2.29. The van der Waals surface area contributed by atoms with Crippen LogP contribution in [0.25, 0.3) is 0 Å². The molecule has 1 aromatic heterocycles. The maximum atomic E-state index is 4.40. The smallest absolute Gasteiger partial charge is 0.134 e. The molecule has 1 aromatic rings. The number of anilines is 2. The van der Waals surface area contributed by atoms with Crippen LogP contribution in [0, 0.1) is 5.92 Å². The maximum Gasteiger partial charge on any atom is 0.134 e. The summed E-state index contributed by atoms with van der Waals surface area (Å²) < 4.78 is 0. The van der Waals surface area contributed by atoms with E-state index in [1.807, 2.05) is 0 Å². The van der Waals surface area contributed by atoms with E-state index in [9.17, 15) is 0 Å². The Morgan fingerprint density at radius 3 is 2.57 bits per heavy atom. The SMILES string of the molecule is CC(CNc1cc(N2CCCC2)ncn1)CN1CCCC1. The lowest BCUT2D eigenvalue weighted by atomic mass is 10.1. The van der Waals surface area contributed by atoms with Crippen molar-refractivity contribution in [1.29, 1.82) is 0 Å². The summed E-state index contributed by atoms with van der Waals surface area (Å²) in [6.45, 7) is 9.29. The summed E-state index contributed by atoms with van der Waals surface area (Å²) in [6, 6.07) is 2.09. The Balaban J connectivity index is 1.48. The van der Waals surface area contributed by atoms with Crippen molar-refractivity contribution in [2.75, 3.05) is 49.5 Å². The zero-order valence-corrected chi connectivity index (χ0v) is 13.1. The number of nitrogens with one attached hydrogen (secondary N) is 1. The van der Waals surface area contributed by atoms with Crippen LogP contribution in [0.5, 0.6) is 0 Å². The molecule has 1 N–H and O–H groups in total. The minimum absolute atomic E-state index is 0.647. The van der Waals surface area contributed by atoms with E-state index >= 15 is 0 Å². The van der Waals surface area contributed by atoms with Gasteiger partial charge in [-0.3, -0.25) is 0 Å². The molecule has 0 saturated carbocycles. The molecule has 3 rings (SSSR count). The van der Waals surface area contributed by atoms with Gasteiger partial charge < -0.3 is 15.1 Å². The van der Waals surface area contributed by atoms with Crippen LogP contribution in [0.1, 0.15) is 32.6 Å². The molecule has 0 aliphatic carbocycles. The first kappa shape index (κ1) is 14.6. The van der Waals surface area contributed by atoms with Crippen LogP contribution >= 0.6 is 0 Å². The van der Waals surface area contributed by atoms with E-state index in [0.29, 0.717) is 5.92 Å². The predicted molar refractivity (Wildman–Crippen MR) is 86.8 cm³/mol. The van der Waals surface area contributed by atoms with Gasteiger partial charge in [-0.2, -0.15) is 0 Å². The second-order valence-corrected chi connectivity index (χ2v) is 6.45. The molecule has 0 amide bonds. The fourth-order valence-electron chi connectivity index (χ4n) is 3.31. The van der Waals surface area contributed by atoms with Gasteiger partial charge in [0.25, 0.3) is 0 Å². The Kier molecular flexibility index (Phi) is 4.91. The van der Waals surface area contributed by atoms with E-state index < -0.39 is 0 Å². The van der Waals surface area contributed by atoms with Gasteiger partial charge in [0.2, 0.25) is 0 Å². The van der Waals surface area contributed by atoms with E-state index in [-0.39, 0.29) is 0 Å². The number of hydrogen-bond acceptors (Lipinski definition) is 5. The van der Waals surface area contributed by atoms with Gasteiger partial charge in [0, 0.05) is 32.2 Å². The van der Waals surface area contributed by atoms with E-state index in [1.54, 1.807) is 6.33 Å². The molecule has 1 atom stereocenters. The van der Waals surface area contributed by atoms with Gasteiger partial charge in [-0.25, -0.2) is 9.97 Å². The molecule has 2 aliphatic rings. The van der Waals surface area contributed by atoms with Crippen molar-refractivity contribution >= 4 is 11.6 Å². The van der Waals surface area contributed by atoms with Crippen LogP contribution in [-0.2, 0) is 0 Å². The summed E-state index contributed by atoms with van der Waals surface area (Å²) in [5.41, 5.74) is 0.